The molecule has 3 nitrogen and oxygen atoms in total. The van der Waals surface area contributed by atoms with Crippen molar-refractivity contribution in [3.8, 4) is 11.8 Å². The van der Waals surface area contributed by atoms with Gasteiger partial charge in [-0.3, -0.25) is 9.69 Å². The van der Waals surface area contributed by atoms with Crippen molar-refractivity contribution in [3.05, 3.63) is 65.2 Å². The van der Waals surface area contributed by atoms with Crippen LogP contribution in [0.1, 0.15) is 61.8 Å². The average molecular weight is 358 g/mol. The van der Waals surface area contributed by atoms with Crippen LogP contribution in [0.15, 0.2) is 48.5 Å². The summed E-state index contributed by atoms with van der Waals surface area (Å²) in [7, 11) is 0. The zero-order chi connectivity index (χ0) is 18.6. The minimum Gasteiger partial charge on any atom is -0.326 e. The Morgan fingerprint density at radius 3 is 2.63 bits per heavy atom. The van der Waals surface area contributed by atoms with Crippen LogP contribution in [0.4, 0.5) is 5.69 Å². The van der Waals surface area contributed by atoms with Crippen LogP contribution in [0.3, 0.4) is 0 Å². The van der Waals surface area contributed by atoms with Gasteiger partial charge < -0.3 is 5.32 Å². The molecule has 2 aliphatic rings. The molecule has 4 rings (SSSR count). The van der Waals surface area contributed by atoms with Gasteiger partial charge in [0, 0.05) is 35.8 Å². The van der Waals surface area contributed by atoms with Crippen LogP contribution in [0, 0.1) is 11.8 Å². The Labute approximate surface area is 161 Å². The summed E-state index contributed by atoms with van der Waals surface area (Å²) in [5.74, 6) is 6.37. The molecule has 1 N–H and O–H groups in total. The van der Waals surface area contributed by atoms with Crippen LogP contribution < -0.4 is 5.32 Å². The summed E-state index contributed by atoms with van der Waals surface area (Å²) in [6.07, 6.45) is 6.74. The lowest BCUT2D eigenvalue weighted by molar-refractivity contribution is -0.114. The number of carbonyl (C=O) groups is 1. The summed E-state index contributed by atoms with van der Waals surface area (Å²) in [6.45, 7) is 2.76. The largest absolute Gasteiger partial charge is 0.326 e. The molecule has 2 aliphatic heterocycles. The van der Waals surface area contributed by atoms with Gasteiger partial charge in [0.1, 0.15) is 0 Å². The number of hydrogen-bond donors (Lipinski definition) is 1. The van der Waals surface area contributed by atoms with E-state index in [0.29, 0.717) is 6.04 Å². The Kier molecular flexibility index (Phi) is 5.27. The van der Waals surface area contributed by atoms with E-state index in [9.17, 15) is 4.79 Å². The van der Waals surface area contributed by atoms with Crippen LogP contribution in [-0.4, -0.2) is 23.4 Å². The van der Waals surface area contributed by atoms with Gasteiger partial charge in [-0.1, -0.05) is 36.5 Å². The average Bonchev–Trinajstić information content (AvgIpc) is 3.11. The van der Waals surface area contributed by atoms with Gasteiger partial charge in [0.2, 0.25) is 5.91 Å². The maximum atomic E-state index is 11.2. The fraction of sp³-hybridized carbons (Fsp3) is 0.375. The maximum Gasteiger partial charge on any atom is 0.221 e. The molecule has 0 aromatic heterocycles. The van der Waals surface area contributed by atoms with E-state index >= 15 is 0 Å². The normalized spacial score (nSPS) is 21.8. The van der Waals surface area contributed by atoms with Crippen LogP contribution in [0.25, 0.3) is 0 Å². The second kappa shape index (κ2) is 7.98. The third-order valence-corrected chi connectivity index (χ3v) is 5.68. The number of nitrogens with zero attached hydrogens (tertiary/aromatic N) is 1. The van der Waals surface area contributed by atoms with E-state index in [1.165, 1.54) is 51.1 Å². The van der Waals surface area contributed by atoms with Gasteiger partial charge in [0.15, 0.2) is 0 Å². The molecule has 3 heteroatoms. The molecule has 0 spiro atoms. The van der Waals surface area contributed by atoms with Crippen LogP contribution in [-0.2, 0) is 4.79 Å². The van der Waals surface area contributed by atoms with Gasteiger partial charge in [-0.2, -0.15) is 0 Å². The lowest BCUT2D eigenvalue weighted by Crippen LogP contribution is -2.35. The molecule has 1 amide bonds. The quantitative estimate of drug-likeness (QED) is 0.787. The Bertz CT molecular complexity index is 875. The smallest absolute Gasteiger partial charge is 0.221 e. The topological polar surface area (TPSA) is 32.3 Å². The van der Waals surface area contributed by atoms with Gasteiger partial charge in [0.25, 0.3) is 0 Å². The molecule has 0 radical (unpaired) electrons. The van der Waals surface area contributed by atoms with Gasteiger partial charge in [-0.05, 0) is 68.1 Å². The molecular weight excluding hydrogens is 332 g/mol. The van der Waals surface area contributed by atoms with Crippen molar-refractivity contribution < 1.29 is 4.79 Å². The number of nitrogens with one attached hydrogen (secondary N) is 1. The monoisotopic (exact) mass is 358 g/mol. The van der Waals surface area contributed by atoms with Gasteiger partial charge in [-0.15, -0.1) is 0 Å². The molecule has 2 aromatic rings. The summed E-state index contributed by atoms with van der Waals surface area (Å²) in [5, 5.41) is 2.79. The molecular formula is C24H26N2O. The highest BCUT2D eigenvalue weighted by Crippen LogP contribution is 2.40. The zero-order valence-corrected chi connectivity index (χ0v) is 15.9. The standard InChI is InChI=1S/C24H26N2O/c1-18(27)25-22-6-4-5-20(17-22)9-8-19-10-12-21(13-11-19)24-15-14-23-7-2-3-16-26(23)24/h4-6,10-13,17,23-24H,2-3,7,14-16H2,1H3,(H,25,27)/t23-,24+/m1/s1. The predicted octanol–water partition coefficient (Wildman–Crippen LogP) is 4.73. The van der Waals surface area contributed by atoms with Gasteiger partial charge in [-0.25, -0.2) is 0 Å². The molecule has 0 unspecified atom stereocenters. The van der Waals surface area contributed by atoms with E-state index in [0.717, 1.165) is 22.9 Å². The molecule has 138 valence electrons. The number of anilines is 1. The Balaban J connectivity index is 1.46. The highest BCUT2D eigenvalue weighted by Gasteiger charge is 2.35. The van der Waals surface area contributed by atoms with E-state index in [1.807, 2.05) is 24.3 Å². The van der Waals surface area contributed by atoms with Gasteiger partial charge in [0.05, 0.1) is 0 Å². The fourth-order valence-electron chi connectivity index (χ4n) is 4.43. The Morgan fingerprint density at radius 2 is 1.81 bits per heavy atom. The minimum absolute atomic E-state index is 0.0708. The first kappa shape index (κ1) is 17.8. The van der Waals surface area contributed by atoms with Crippen molar-refractivity contribution in [2.24, 2.45) is 0 Å². The number of fused-ring (bicyclic) bond motifs is 1. The van der Waals surface area contributed by atoms with Crippen LogP contribution in [0.2, 0.25) is 0 Å². The van der Waals surface area contributed by atoms with E-state index in [1.54, 1.807) is 0 Å². The summed E-state index contributed by atoms with van der Waals surface area (Å²) in [5.41, 5.74) is 4.13. The molecule has 0 aliphatic carbocycles. The third-order valence-electron chi connectivity index (χ3n) is 5.68. The van der Waals surface area contributed by atoms with Crippen molar-refractivity contribution in [1.29, 1.82) is 0 Å². The van der Waals surface area contributed by atoms with E-state index < -0.39 is 0 Å². The molecule has 2 saturated heterocycles. The minimum atomic E-state index is -0.0708. The van der Waals surface area contributed by atoms with Crippen molar-refractivity contribution in [2.45, 2.75) is 51.1 Å². The number of rotatable bonds is 2. The third kappa shape index (κ3) is 4.23. The lowest BCUT2D eigenvalue weighted by Gasteiger charge is -2.34. The first-order valence-corrected chi connectivity index (χ1v) is 9.94. The van der Waals surface area contributed by atoms with Crippen LogP contribution >= 0.6 is 0 Å². The molecule has 0 bridgehead atoms. The highest BCUT2D eigenvalue weighted by molar-refractivity contribution is 5.88. The first-order chi connectivity index (χ1) is 13.2. The molecule has 2 fully saturated rings. The fourth-order valence-corrected chi connectivity index (χ4v) is 4.43. The van der Waals surface area contributed by atoms with Gasteiger partial charge >= 0.3 is 0 Å². The van der Waals surface area contributed by atoms with E-state index in [4.69, 9.17) is 0 Å². The molecule has 27 heavy (non-hydrogen) atoms. The summed E-state index contributed by atoms with van der Waals surface area (Å²) >= 11 is 0. The Hall–Kier alpha value is -2.57. The molecule has 0 saturated carbocycles. The summed E-state index contributed by atoms with van der Waals surface area (Å²) < 4.78 is 0. The number of piperidine rings is 1. The second-order valence-electron chi connectivity index (χ2n) is 7.61. The van der Waals surface area contributed by atoms with Crippen LogP contribution in [0.5, 0.6) is 0 Å². The zero-order valence-electron chi connectivity index (χ0n) is 15.9. The predicted molar refractivity (Wildman–Crippen MR) is 109 cm³/mol. The number of hydrogen-bond acceptors (Lipinski definition) is 2. The SMILES string of the molecule is CC(=O)Nc1cccc(C#Cc2ccc([C@@H]3CC[C@H]4CCCCN43)cc2)c1. The summed E-state index contributed by atoms with van der Waals surface area (Å²) in [6, 6.07) is 17.8. The number of carbonyl (C=O) groups excluding carboxylic acids is 1. The molecule has 2 heterocycles. The molecule has 2 aromatic carbocycles. The highest BCUT2D eigenvalue weighted by atomic mass is 16.1. The van der Waals surface area contributed by atoms with Crippen molar-refractivity contribution >= 4 is 11.6 Å². The maximum absolute atomic E-state index is 11.2. The number of amides is 1. The molecule has 2 atom stereocenters. The Morgan fingerprint density at radius 1 is 1.00 bits per heavy atom. The lowest BCUT2D eigenvalue weighted by atomic mass is 10.0. The van der Waals surface area contributed by atoms with E-state index in [-0.39, 0.29) is 5.91 Å². The van der Waals surface area contributed by atoms with Crippen molar-refractivity contribution in [3.63, 3.8) is 0 Å². The first-order valence-electron chi connectivity index (χ1n) is 9.94. The number of benzene rings is 2. The van der Waals surface area contributed by atoms with E-state index in [2.05, 4.69) is 46.3 Å². The second-order valence-corrected chi connectivity index (χ2v) is 7.61. The van der Waals surface area contributed by atoms with Crippen molar-refractivity contribution in [1.82, 2.24) is 4.90 Å². The van der Waals surface area contributed by atoms with Crippen molar-refractivity contribution in [2.75, 3.05) is 11.9 Å². The summed E-state index contributed by atoms with van der Waals surface area (Å²) in [4.78, 5) is 13.9.